The molecule has 1 heterocycles. The quantitative estimate of drug-likeness (QED) is 0.797. The van der Waals surface area contributed by atoms with E-state index in [2.05, 4.69) is 42.6 Å². The van der Waals surface area contributed by atoms with Crippen molar-refractivity contribution in [3.05, 3.63) is 46.8 Å². The Morgan fingerprint density at radius 2 is 2.14 bits per heavy atom. The maximum atomic E-state index is 5.71. The fraction of sp³-hybridized carbons (Fsp3) is 0.167. The molecule has 14 heavy (non-hydrogen) atoms. The van der Waals surface area contributed by atoms with Crippen LogP contribution in [0.1, 0.15) is 11.1 Å². The van der Waals surface area contributed by atoms with E-state index in [0.717, 1.165) is 0 Å². The predicted octanol–water partition coefficient (Wildman–Crippen LogP) is 3.18. The molecular formula is C12H13NS. The van der Waals surface area contributed by atoms with E-state index in [9.17, 15) is 0 Å². The van der Waals surface area contributed by atoms with Crippen molar-refractivity contribution in [1.82, 2.24) is 0 Å². The molecule has 0 unspecified atom stereocenters. The third-order valence-corrected chi connectivity index (χ3v) is 3.18. The van der Waals surface area contributed by atoms with Gasteiger partial charge in [0, 0.05) is 11.4 Å². The summed E-state index contributed by atoms with van der Waals surface area (Å²) in [7, 11) is 0. The molecule has 2 N–H and O–H groups in total. The Hall–Kier alpha value is -1.12. The highest BCUT2D eigenvalue weighted by Crippen LogP contribution is 2.28. The highest BCUT2D eigenvalue weighted by atomic mass is 32.1. The summed E-state index contributed by atoms with van der Waals surface area (Å²) in [6.07, 6.45) is 0. The average molecular weight is 203 g/mol. The normalized spacial score (nSPS) is 10.4. The Bertz CT molecular complexity index is 418. The Morgan fingerprint density at radius 3 is 2.79 bits per heavy atom. The van der Waals surface area contributed by atoms with Gasteiger partial charge in [-0.2, -0.15) is 0 Å². The smallest absolute Gasteiger partial charge is 0.0346 e. The molecular weight excluding hydrogens is 190 g/mol. The van der Waals surface area contributed by atoms with E-state index in [1.807, 2.05) is 0 Å². The van der Waals surface area contributed by atoms with Crippen molar-refractivity contribution in [2.75, 3.05) is 0 Å². The van der Waals surface area contributed by atoms with Crippen molar-refractivity contribution in [2.45, 2.75) is 13.5 Å². The van der Waals surface area contributed by atoms with Crippen LogP contribution in [0, 0.1) is 6.92 Å². The lowest BCUT2D eigenvalue weighted by Crippen LogP contribution is -1.98. The Morgan fingerprint density at radius 1 is 1.29 bits per heavy atom. The molecule has 0 saturated heterocycles. The maximum absolute atomic E-state index is 5.71. The Labute approximate surface area is 88.2 Å². The van der Waals surface area contributed by atoms with Gasteiger partial charge in [0.25, 0.3) is 0 Å². The number of rotatable bonds is 2. The standard InChI is InChI=1S/C12H13NS/c1-9-4-5-10(8-13)11(7-9)12-3-2-6-14-12/h2-7H,8,13H2,1H3. The lowest BCUT2D eigenvalue weighted by molar-refractivity contribution is 1.07. The predicted molar refractivity (Wildman–Crippen MR) is 62.4 cm³/mol. The van der Waals surface area contributed by atoms with E-state index in [-0.39, 0.29) is 0 Å². The zero-order chi connectivity index (χ0) is 9.97. The number of thiophene rings is 1. The molecule has 0 radical (unpaired) electrons. The number of hydrogen-bond donors (Lipinski definition) is 1. The first-order chi connectivity index (χ1) is 6.81. The van der Waals surface area contributed by atoms with E-state index >= 15 is 0 Å². The summed E-state index contributed by atoms with van der Waals surface area (Å²) in [5.41, 5.74) is 9.49. The number of benzene rings is 1. The second-order valence-electron chi connectivity index (χ2n) is 3.34. The molecule has 0 aliphatic rings. The molecule has 2 heteroatoms. The van der Waals surface area contributed by atoms with Gasteiger partial charge in [0.15, 0.2) is 0 Å². The molecule has 0 atom stereocenters. The molecule has 0 fully saturated rings. The largest absolute Gasteiger partial charge is 0.326 e. The number of aryl methyl sites for hydroxylation is 1. The summed E-state index contributed by atoms with van der Waals surface area (Å²) < 4.78 is 0. The van der Waals surface area contributed by atoms with Gasteiger partial charge in [-0.1, -0.05) is 29.8 Å². The van der Waals surface area contributed by atoms with Gasteiger partial charge >= 0.3 is 0 Å². The van der Waals surface area contributed by atoms with E-state index in [0.29, 0.717) is 6.54 Å². The van der Waals surface area contributed by atoms with Crippen molar-refractivity contribution in [3.8, 4) is 10.4 Å². The summed E-state index contributed by atoms with van der Waals surface area (Å²) in [5.74, 6) is 0. The molecule has 0 bridgehead atoms. The fourth-order valence-corrected chi connectivity index (χ4v) is 2.31. The monoisotopic (exact) mass is 203 g/mol. The van der Waals surface area contributed by atoms with E-state index in [4.69, 9.17) is 5.73 Å². The first kappa shape index (κ1) is 9.44. The topological polar surface area (TPSA) is 26.0 Å². The zero-order valence-corrected chi connectivity index (χ0v) is 8.97. The van der Waals surface area contributed by atoms with Gasteiger partial charge in [-0.05, 0) is 29.5 Å². The van der Waals surface area contributed by atoms with Crippen LogP contribution < -0.4 is 5.73 Å². The minimum atomic E-state index is 0.605. The molecule has 1 nitrogen and oxygen atoms in total. The average Bonchev–Trinajstić information content (AvgIpc) is 2.70. The van der Waals surface area contributed by atoms with Crippen LogP contribution in [0.3, 0.4) is 0 Å². The van der Waals surface area contributed by atoms with Crippen LogP contribution in [0.15, 0.2) is 35.7 Å². The van der Waals surface area contributed by atoms with Gasteiger partial charge in [-0.3, -0.25) is 0 Å². The molecule has 2 aromatic rings. The van der Waals surface area contributed by atoms with Gasteiger partial charge < -0.3 is 5.73 Å². The Kier molecular flexibility index (Phi) is 2.66. The lowest BCUT2D eigenvalue weighted by Gasteiger charge is -2.06. The van der Waals surface area contributed by atoms with Crippen LogP contribution in [-0.2, 0) is 6.54 Å². The lowest BCUT2D eigenvalue weighted by atomic mass is 10.0. The van der Waals surface area contributed by atoms with Crippen molar-refractivity contribution < 1.29 is 0 Å². The molecule has 0 saturated carbocycles. The van der Waals surface area contributed by atoms with Gasteiger partial charge in [0.1, 0.15) is 0 Å². The minimum Gasteiger partial charge on any atom is -0.326 e. The van der Waals surface area contributed by atoms with Crippen LogP contribution in [0.4, 0.5) is 0 Å². The zero-order valence-electron chi connectivity index (χ0n) is 8.16. The van der Waals surface area contributed by atoms with E-state index in [1.165, 1.54) is 21.6 Å². The molecule has 72 valence electrons. The molecule has 1 aromatic heterocycles. The molecule has 0 aliphatic carbocycles. The second-order valence-corrected chi connectivity index (χ2v) is 4.29. The molecule has 1 aromatic carbocycles. The van der Waals surface area contributed by atoms with Crippen LogP contribution in [0.2, 0.25) is 0 Å². The summed E-state index contributed by atoms with van der Waals surface area (Å²) >= 11 is 1.76. The van der Waals surface area contributed by atoms with Crippen molar-refractivity contribution in [2.24, 2.45) is 5.73 Å². The highest BCUT2D eigenvalue weighted by molar-refractivity contribution is 7.13. The number of nitrogens with two attached hydrogens (primary N) is 1. The molecule has 2 rings (SSSR count). The Balaban J connectivity index is 2.55. The summed E-state index contributed by atoms with van der Waals surface area (Å²) in [6.45, 7) is 2.71. The summed E-state index contributed by atoms with van der Waals surface area (Å²) in [5, 5.41) is 2.10. The van der Waals surface area contributed by atoms with E-state index < -0.39 is 0 Å². The summed E-state index contributed by atoms with van der Waals surface area (Å²) in [4.78, 5) is 1.30. The molecule has 0 spiro atoms. The van der Waals surface area contributed by atoms with Crippen molar-refractivity contribution in [3.63, 3.8) is 0 Å². The van der Waals surface area contributed by atoms with Gasteiger partial charge in [0.2, 0.25) is 0 Å². The van der Waals surface area contributed by atoms with Gasteiger partial charge in [-0.25, -0.2) is 0 Å². The molecule has 0 aliphatic heterocycles. The van der Waals surface area contributed by atoms with E-state index in [1.54, 1.807) is 11.3 Å². The van der Waals surface area contributed by atoms with Crippen LogP contribution >= 0.6 is 11.3 Å². The third kappa shape index (κ3) is 1.72. The first-order valence-corrected chi connectivity index (χ1v) is 5.52. The second kappa shape index (κ2) is 3.95. The third-order valence-electron chi connectivity index (χ3n) is 2.27. The number of hydrogen-bond acceptors (Lipinski definition) is 2. The summed E-state index contributed by atoms with van der Waals surface area (Å²) in [6, 6.07) is 10.6. The fourth-order valence-electron chi connectivity index (χ4n) is 1.53. The van der Waals surface area contributed by atoms with Crippen LogP contribution in [0.25, 0.3) is 10.4 Å². The van der Waals surface area contributed by atoms with Gasteiger partial charge in [0.05, 0.1) is 0 Å². The SMILES string of the molecule is Cc1ccc(CN)c(-c2cccs2)c1. The minimum absolute atomic E-state index is 0.605. The van der Waals surface area contributed by atoms with Crippen molar-refractivity contribution >= 4 is 11.3 Å². The van der Waals surface area contributed by atoms with Crippen LogP contribution in [0.5, 0.6) is 0 Å². The van der Waals surface area contributed by atoms with Gasteiger partial charge in [-0.15, -0.1) is 11.3 Å². The van der Waals surface area contributed by atoms with Crippen molar-refractivity contribution in [1.29, 1.82) is 0 Å². The van der Waals surface area contributed by atoms with Crippen LogP contribution in [-0.4, -0.2) is 0 Å². The molecule has 0 amide bonds. The highest BCUT2D eigenvalue weighted by Gasteiger charge is 2.04. The maximum Gasteiger partial charge on any atom is 0.0346 e. The first-order valence-electron chi connectivity index (χ1n) is 4.65.